The van der Waals surface area contributed by atoms with Gasteiger partial charge in [-0.25, -0.2) is 8.42 Å². The van der Waals surface area contributed by atoms with Crippen LogP contribution in [0.5, 0.6) is 0 Å². The maximum atomic E-state index is 12.7. The average Bonchev–Trinajstić information content (AvgIpc) is 2.80. The molecule has 2 rings (SSSR count). The number of benzene rings is 1. The normalized spacial score (nSPS) is 17.3. The molecule has 122 valence electrons. The zero-order valence-corrected chi connectivity index (χ0v) is 14.1. The van der Waals surface area contributed by atoms with Gasteiger partial charge in [-0.15, -0.1) is 0 Å². The predicted octanol–water partition coefficient (Wildman–Crippen LogP) is 1.88. The van der Waals surface area contributed by atoms with Gasteiger partial charge in [0.2, 0.25) is 15.9 Å². The molecule has 1 aliphatic rings. The van der Waals surface area contributed by atoms with Gasteiger partial charge in [0, 0.05) is 32.6 Å². The number of sulfonamides is 1. The molecule has 0 N–H and O–H groups in total. The highest BCUT2D eigenvalue weighted by Gasteiger charge is 2.27. The lowest BCUT2D eigenvalue weighted by Gasteiger charge is -2.21. The van der Waals surface area contributed by atoms with Crippen molar-refractivity contribution in [1.29, 1.82) is 0 Å². The lowest BCUT2D eigenvalue weighted by molar-refractivity contribution is -0.130. The molecule has 0 atom stereocenters. The molecule has 22 heavy (non-hydrogen) atoms. The van der Waals surface area contributed by atoms with Gasteiger partial charge in [-0.05, 0) is 30.5 Å². The molecule has 6 heteroatoms. The van der Waals surface area contributed by atoms with Crippen LogP contribution in [0.1, 0.15) is 32.3 Å². The standard InChI is InChI=1S/C16H24N2O3S/c1-3-14-6-8-15(9-7-14)22(20,21)18-11-5-10-17(12-13-18)16(19)4-2/h6-9H,3-5,10-13H2,1-2H3. The van der Waals surface area contributed by atoms with E-state index in [4.69, 9.17) is 0 Å². The Kier molecular flexibility index (Phi) is 5.58. The van der Waals surface area contributed by atoms with Crippen LogP contribution in [0.4, 0.5) is 0 Å². The van der Waals surface area contributed by atoms with E-state index in [0.29, 0.717) is 43.9 Å². The van der Waals surface area contributed by atoms with Crippen molar-refractivity contribution in [2.75, 3.05) is 26.2 Å². The van der Waals surface area contributed by atoms with Crippen LogP contribution in [-0.4, -0.2) is 49.7 Å². The van der Waals surface area contributed by atoms with Crippen molar-refractivity contribution in [2.45, 2.75) is 38.0 Å². The Morgan fingerprint density at radius 1 is 1.05 bits per heavy atom. The van der Waals surface area contributed by atoms with Crippen molar-refractivity contribution < 1.29 is 13.2 Å². The first-order chi connectivity index (χ1) is 10.5. The third-order valence-corrected chi connectivity index (χ3v) is 5.99. The summed E-state index contributed by atoms with van der Waals surface area (Å²) in [6.45, 7) is 5.80. The number of aryl methyl sites for hydroxylation is 1. The lowest BCUT2D eigenvalue weighted by atomic mass is 10.2. The second-order valence-corrected chi connectivity index (χ2v) is 7.43. The SMILES string of the molecule is CCC(=O)N1CCCN(S(=O)(=O)c2ccc(CC)cc2)CC1. The molecule has 1 fully saturated rings. The highest BCUT2D eigenvalue weighted by atomic mass is 32.2. The molecule has 1 aromatic rings. The quantitative estimate of drug-likeness (QED) is 0.850. The summed E-state index contributed by atoms with van der Waals surface area (Å²) in [5.74, 6) is 0.0894. The molecule has 1 amide bonds. The Balaban J connectivity index is 2.13. The molecular weight excluding hydrogens is 300 g/mol. The summed E-state index contributed by atoms with van der Waals surface area (Å²) >= 11 is 0. The third-order valence-electron chi connectivity index (χ3n) is 4.08. The molecular formula is C16H24N2O3S. The van der Waals surface area contributed by atoms with Crippen LogP contribution in [0.25, 0.3) is 0 Å². The first kappa shape index (κ1) is 17.0. The van der Waals surface area contributed by atoms with Gasteiger partial charge in [0.05, 0.1) is 4.90 Å². The van der Waals surface area contributed by atoms with Crippen LogP contribution in [0.15, 0.2) is 29.2 Å². The van der Waals surface area contributed by atoms with Gasteiger partial charge in [-0.2, -0.15) is 4.31 Å². The largest absolute Gasteiger partial charge is 0.341 e. The van der Waals surface area contributed by atoms with Crippen LogP contribution < -0.4 is 0 Å². The van der Waals surface area contributed by atoms with Gasteiger partial charge in [-0.1, -0.05) is 26.0 Å². The summed E-state index contributed by atoms with van der Waals surface area (Å²) in [7, 11) is -3.47. The van der Waals surface area contributed by atoms with Crippen molar-refractivity contribution in [3.63, 3.8) is 0 Å². The zero-order valence-electron chi connectivity index (χ0n) is 13.3. The zero-order chi connectivity index (χ0) is 16.2. The Labute approximate surface area is 133 Å². The minimum atomic E-state index is -3.47. The second-order valence-electron chi connectivity index (χ2n) is 5.49. The van der Waals surface area contributed by atoms with E-state index in [1.165, 1.54) is 4.31 Å². The van der Waals surface area contributed by atoms with E-state index < -0.39 is 10.0 Å². The molecule has 1 heterocycles. The van der Waals surface area contributed by atoms with Crippen LogP contribution in [0.2, 0.25) is 0 Å². The fourth-order valence-electron chi connectivity index (χ4n) is 2.65. The van der Waals surface area contributed by atoms with E-state index >= 15 is 0 Å². The Morgan fingerprint density at radius 3 is 2.32 bits per heavy atom. The number of carbonyl (C=O) groups is 1. The minimum absolute atomic E-state index is 0.0894. The van der Waals surface area contributed by atoms with Gasteiger partial charge in [0.15, 0.2) is 0 Å². The van der Waals surface area contributed by atoms with E-state index in [1.54, 1.807) is 17.0 Å². The third kappa shape index (κ3) is 3.67. The van der Waals surface area contributed by atoms with Crippen molar-refractivity contribution in [1.82, 2.24) is 9.21 Å². The van der Waals surface area contributed by atoms with Crippen LogP contribution in [0.3, 0.4) is 0 Å². The van der Waals surface area contributed by atoms with E-state index in [0.717, 1.165) is 12.0 Å². The van der Waals surface area contributed by atoms with Gasteiger partial charge in [0.1, 0.15) is 0 Å². The average molecular weight is 324 g/mol. The van der Waals surface area contributed by atoms with E-state index in [1.807, 2.05) is 26.0 Å². The monoisotopic (exact) mass is 324 g/mol. The maximum absolute atomic E-state index is 12.7. The molecule has 1 saturated heterocycles. The summed E-state index contributed by atoms with van der Waals surface area (Å²) in [5.41, 5.74) is 1.12. The van der Waals surface area contributed by atoms with Gasteiger partial charge in [-0.3, -0.25) is 4.79 Å². The Morgan fingerprint density at radius 2 is 1.73 bits per heavy atom. The first-order valence-electron chi connectivity index (χ1n) is 7.86. The van der Waals surface area contributed by atoms with Gasteiger partial charge >= 0.3 is 0 Å². The summed E-state index contributed by atoms with van der Waals surface area (Å²) in [4.78, 5) is 13.9. The Bertz CT molecular complexity index is 611. The number of hydrogen-bond acceptors (Lipinski definition) is 3. The molecule has 0 saturated carbocycles. The second kappa shape index (κ2) is 7.24. The highest BCUT2D eigenvalue weighted by molar-refractivity contribution is 7.89. The number of carbonyl (C=O) groups excluding carboxylic acids is 1. The molecule has 0 aromatic heterocycles. The van der Waals surface area contributed by atoms with Gasteiger partial charge in [0.25, 0.3) is 0 Å². The molecule has 0 spiro atoms. The smallest absolute Gasteiger partial charge is 0.243 e. The first-order valence-corrected chi connectivity index (χ1v) is 9.30. The van der Waals surface area contributed by atoms with E-state index in [9.17, 15) is 13.2 Å². The van der Waals surface area contributed by atoms with Crippen molar-refractivity contribution in [2.24, 2.45) is 0 Å². The van der Waals surface area contributed by atoms with E-state index in [2.05, 4.69) is 0 Å². The number of amides is 1. The number of rotatable bonds is 4. The van der Waals surface area contributed by atoms with Gasteiger partial charge < -0.3 is 4.90 Å². The molecule has 0 aliphatic carbocycles. The van der Waals surface area contributed by atoms with Crippen LogP contribution in [0, 0.1) is 0 Å². The fourth-order valence-corrected chi connectivity index (χ4v) is 4.12. The molecule has 0 unspecified atom stereocenters. The summed E-state index contributed by atoms with van der Waals surface area (Å²) < 4.78 is 26.9. The fraction of sp³-hybridized carbons (Fsp3) is 0.562. The number of nitrogens with zero attached hydrogens (tertiary/aromatic N) is 2. The Hall–Kier alpha value is -1.40. The number of hydrogen-bond donors (Lipinski definition) is 0. The topological polar surface area (TPSA) is 57.7 Å². The summed E-state index contributed by atoms with van der Waals surface area (Å²) in [5, 5.41) is 0. The van der Waals surface area contributed by atoms with Crippen molar-refractivity contribution in [3.8, 4) is 0 Å². The predicted molar refractivity (Wildman–Crippen MR) is 86.1 cm³/mol. The lowest BCUT2D eigenvalue weighted by Crippen LogP contribution is -2.37. The van der Waals surface area contributed by atoms with Crippen LogP contribution in [-0.2, 0) is 21.2 Å². The highest BCUT2D eigenvalue weighted by Crippen LogP contribution is 2.18. The maximum Gasteiger partial charge on any atom is 0.243 e. The molecule has 0 radical (unpaired) electrons. The summed E-state index contributed by atoms with van der Waals surface area (Å²) in [6, 6.07) is 7.07. The minimum Gasteiger partial charge on any atom is -0.341 e. The molecule has 0 bridgehead atoms. The molecule has 5 nitrogen and oxygen atoms in total. The molecule has 1 aromatic carbocycles. The molecule has 1 aliphatic heterocycles. The summed E-state index contributed by atoms with van der Waals surface area (Å²) in [6.07, 6.45) is 2.03. The van der Waals surface area contributed by atoms with Crippen LogP contribution >= 0.6 is 0 Å². The van der Waals surface area contributed by atoms with Crippen molar-refractivity contribution in [3.05, 3.63) is 29.8 Å². The van der Waals surface area contributed by atoms with Crippen molar-refractivity contribution >= 4 is 15.9 Å². The van der Waals surface area contributed by atoms with E-state index in [-0.39, 0.29) is 5.91 Å².